The van der Waals surface area contributed by atoms with Gasteiger partial charge in [0, 0.05) is 11.9 Å². The highest BCUT2D eigenvalue weighted by atomic mass is 16.4. The zero-order valence-electron chi connectivity index (χ0n) is 11.6. The fourth-order valence-corrected chi connectivity index (χ4v) is 2.66. The molecule has 0 atom stereocenters. The van der Waals surface area contributed by atoms with E-state index in [2.05, 4.69) is 16.2 Å². The molecule has 2 aromatic heterocycles. The molecule has 0 unspecified atom stereocenters. The Kier molecular flexibility index (Phi) is 3.18. The van der Waals surface area contributed by atoms with Crippen molar-refractivity contribution >= 4 is 5.97 Å². The third-order valence-corrected chi connectivity index (χ3v) is 3.75. The van der Waals surface area contributed by atoms with E-state index in [1.165, 1.54) is 10.9 Å². The Labute approximate surface area is 121 Å². The number of carbonyl (C=O) groups is 1. The Balaban J connectivity index is 2.15. The average Bonchev–Trinajstić information content (AvgIpc) is 2.88. The summed E-state index contributed by atoms with van der Waals surface area (Å²) in [6.45, 7) is 1.63. The lowest BCUT2D eigenvalue weighted by molar-refractivity contribution is 0.0696. The lowest BCUT2D eigenvalue weighted by Gasteiger charge is -2.16. The predicted octanol–water partition coefficient (Wildman–Crippen LogP) is 2.02. The molecule has 1 aliphatic carbocycles. The summed E-state index contributed by atoms with van der Waals surface area (Å²) in [6.07, 6.45) is 5.44. The number of fused-ring (bicyclic) bond motifs is 1. The van der Waals surface area contributed by atoms with Crippen LogP contribution < -0.4 is 0 Å². The summed E-state index contributed by atoms with van der Waals surface area (Å²) in [4.78, 5) is 15.7. The topological polar surface area (TPSA) is 91.8 Å². The van der Waals surface area contributed by atoms with Crippen LogP contribution in [0.4, 0.5) is 0 Å². The van der Waals surface area contributed by atoms with Crippen molar-refractivity contribution in [1.29, 1.82) is 5.26 Å². The van der Waals surface area contributed by atoms with Crippen LogP contribution in [0.15, 0.2) is 12.3 Å². The van der Waals surface area contributed by atoms with Gasteiger partial charge in [-0.25, -0.2) is 14.5 Å². The van der Waals surface area contributed by atoms with Crippen LogP contribution in [0.5, 0.6) is 0 Å². The summed E-state index contributed by atoms with van der Waals surface area (Å²) in [6, 6.07) is 3.99. The maximum Gasteiger partial charge on any atom is 0.339 e. The zero-order chi connectivity index (χ0) is 15.0. The summed E-state index contributed by atoms with van der Waals surface area (Å²) in [5.74, 6) is -0.621. The average molecular weight is 282 g/mol. The van der Waals surface area contributed by atoms with Gasteiger partial charge in [-0.3, -0.25) is 0 Å². The zero-order valence-corrected chi connectivity index (χ0v) is 11.6. The van der Waals surface area contributed by atoms with E-state index in [0.717, 1.165) is 36.9 Å². The fourth-order valence-electron chi connectivity index (χ4n) is 2.66. The predicted molar refractivity (Wildman–Crippen MR) is 74.4 cm³/mol. The number of hydrogen-bond acceptors (Lipinski definition) is 4. The van der Waals surface area contributed by atoms with Gasteiger partial charge in [0.1, 0.15) is 11.6 Å². The molecule has 3 rings (SSSR count). The molecule has 0 aromatic carbocycles. The number of carboxylic acid groups (broad SMARTS) is 1. The van der Waals surface area contributed by atoms with Crippen LogP contribution in [0.3, 0.4) is 0 Å². The number of pyridine rings is 1. The second-order valence-corrected chi connectivity index (χ2v) is 5.16. The molecule has 6 nitrogen and oxygen atoms in total. The largest absolute Gasteiger partial charge is 0.478 e. The molecule has 1 aliphatic rings. The molecule has 0 saturated heterocycles. The second-order valence-electron chi connectivity index (χ2n) is 5.16. The molecule has 21 heavy (non-hydrogen) atoms. The molecular formula is C15H14N4O2. The highest BCUT2D eigenvalue weighted by Gasteiger charge is 2.19. The van der Waals surface area contributed by atoms with Crippen LogP contribution >= 0.6 is 0 Å². The maximum atomic E-state index is 11.1. The van der Waals surface area contributed by atoms with E-state index in [9.17, 15) is 10.1 Å². The third kappa shape index (κ3) is 2.27. The Hall–Kier alpha value is -2.68. The van der Waals surface area contributed by atoms with Crippen molar-refractivity contribution < 1.29 is 9.90 Å². The summed E-state index contributed by atoms with van der Waals surface area (Å²) in [7, 11) is 0. The molecule has 6 heteroatoms. The Morgan fingerprint density at radius 3 is 2.86 bits per heavy atom. The van der Waals surface area contributed by atoms with E-state index in [1.54, 1.807) is 6.92 Å². The number of aryl methyl sites for hydroxylation is 3. The Bertz CT molecular complexity index is 771. The number of hydrogen-bond donors (Lipinski definition) is 1. The van der Waals surface area contributed by atoms with Crippen molar-refractivity contribution in [3.63, 3.8) is 0 Å². The quantitative estimate of drug-likeness (QED) is 0.909. The van der Waals surface area contributed by atoms with Crippen molar-refractivity contribution in [1.82, 2.24) is 14.8 Å². The first kappa shape index (κ1) is 13.3. The Morgan fingerprint density at radius 1 is 1.43 bits per heavy atom. The molecule has 2 aromatic rings. The van der Waals surface area contributed by atoms with Crippen LogP contribution in [0, 0.1) is 18.3 Å². The van der Waals surface area contributed by atoms with Gasteiger partial charge < -0.3 is 5.11 Å². The van der Waals surface area contributed by atoms with Gasteiger partial charge in [0.05, 0.1) is 11.3 Å². The first-order valence-corrected chi connectivity index (χ1v) is 6.83. The molecule has 106 valence electrons. The van der Waals surface area contributed by atoms with Crippen molar-refractivity contribution in [2.45, 2.75) is 32.6 Å². The molecule has 1 N–H and O–H groups in total. The van der Waals surface area contributed by atoms with E-state index < -0.39 is 5.97 Å². The molecule has 0 aliphatic heterocycles. The molecule has 0 amide bonds. The fraction of sp³-hybridized carbons (Fsp3) is 0.333. The highest BCUT2D eigenvalue weighted by molar-refractivity contribution is 5.88. The van der Waals surface area contributed by atoms with Crippen LogP contribution in [-0.4, -0.2) is 25.8 Å². The van der Waals surface area contributed by atoms with Gasteiger partial charge in [-0.05, 0) is 44.2 Å². The van der Waals surface area contributed by atoms with Gasteiger partial charge >= 0.3 is 5.97 Å². The van der Waals surface area contributed by atoms with Gasteiger partial charge in [0.15, 0.2) is 5.82 Å². The number of aromatic carboxylic acids is 1. The minimum atomic E-state index is -1.03. The molecule has 0 fully saturated rings. The van der Waals surface area contributed by atoms with Crippen molar-refractivity contribution in [3.05, 3.63) is 40.3 Å². The summed E-state index contributed by atoms with van der Waals surface area (Å²) in [5.41, 5.74) is 3.06. The van der Waals surface area contributed by atoms with Gasteiger partial charge in [-0.1, -0.05) is 0 Å². The van der Waals surface area contributed by atoms with E-state index in [-0.39, 0.29) is 5.56 Å². The number of carboxylic acids is 1. The minimum Gasteiger partial charge on any atom is -0.478 e. The van der Waals surface area contributed by atoms with E-state index in [1.807, 2.05) is 6.07 Å². The number of rotatable bonds is 2. The van der Waals surface area contributed by atoms with Crippen LogP contribution in [0.2, 0.25) is 0 Å². The summed E-state index contributed by atoms with van der Waals surface area (Å²) < 4.78 is 1.40. The SMILES string of the molecule is Cc1nn(-c2nc3c(cc2C#N)CCCC3)cc1C(=O)O. The van der Waals surface area contributed by atoms with E-state index >= 15 is 0 Å². The smallest absolute Gasteiger partial charge is 0.339 e. The first-order valence-electron chi connectivity index (χ1n) is 6.83. The molecule has 0 spiro atoms. The number of nitriles is 1. The van der Waals surface area contributed by atoms with Crippen LogP contribution in [0.1, 0.15) is 45.7 Å². The minimum absolute atomic E-state index is 0.124. The van der Waals surface area contributed by atoms with E-state index in [4.69, 9.17) is 5.11 Å². The van der Waals surface area contributed by atoms with Crippen molar-refractivity contribution in [2.24, 2.45) is 0 Å². The standard InChI is InChI=1S/C15H14N4O2/c1-9-12(15(20)21)8-19(18-9)14-11(7-16)6-10-4-2-3-5-13(10)17-14/h6,8H,2-5H2,1H3,(H,20,21). The molecule has 0 saturated carbocycles. The van der Waals surface area contributed by atoms with Crippen molar-refractivity contribution in [3.8, 4) is 11.9 Å². The number of aromatic nitrogens is 3. The van der Waals surface area contributed by atoms with Gasteiger partial charge in [0.25, 0.3) is 0 Å². The lowest BCUT2D eigenvalue weighted by atomic mass is 9.95. The monoisotopic (exact) mass is 282 g/mol. The van der Waals surface area contributed by atoms with E-state index in [0.29, 0.717) is 17.1 Å². The van der Waals surface area contributed by atoms with Gasteiger partial charge in [0.2, 0.25) is 0 Å². The number of nitrogens with zero attached hydrogens (tertiary/aromatic N) is 4. The Morgan fingerprint density at radius 2 is 2.19 bits per heavy atom. The lowest BCUT2D eigenvalue weighted by Crippen LogP contribution is -2.11. The highest BCUT2D eigenvalue weighted by Crippen LogP contribution is 2.24. The van der Waals surface area contributed by atoms with Gasteiger partial charge in [-0.15, -0.1) is 0 Å². The summed E-state index contributed by atoms with van der Waals surface area (Å²) >= 11 is 0. The maximum absolute atomic E-state index is 11.1. The summed E-state index contributed by atoms with van der Waals surface area (Å²) in [5, 5.41) is 22.6. The first-order chi connectivity index (χ1) is 10.1. The molecular weight excluding hydrogens is 268 g/mol. The molecule has 0 radical (unpaired) electrons. The van der Waals surface area contributed by atoms with Gasteiger partial charge in [-0.2, -0.15) is 10.4 Å². The van der Waals surface area contributed by atoms with Crippen LogP contribution in [0.25, 0.3) is 5.82 Å². The molecule has 2 heterocycles. The third-order valence-electron chi connectivity index (χ3n) is 3.75. The normalized spacial score (nSPS) is 13.5. The van der Waals surface area contributed by atoms with Crippen LogP contribution in [-0.2, 0) is 12.8 Å². The second kappa shape index (κ2) is 5.02. The van der Waals surface area contributed by atoms with Crippen molar-refractivity contribution in [2.75, 3.05) is 0 Å². The molecule has 0 bridgehead atoms.